The van der Waals surface area contributed by atoms with E-state index < -0.39 is 5.97 Å². The molecule has 0 saturated heterocycles. The lowest BCUT2D eigenvalue weighted by Gasteiger charge is -2.09. The molecule has 2 rings (SSSR count). The van der Waals surface area contributed by atoms with Gasteiger partial charge in [-0.1, -0.05) is 0 Å². The first kappa shape index (κ1) is 16.1. The van der Waals surface area contributed by atoms with E-state index in [9.17, 15) is 4.79 Å². The molecule has 7 heteroatoms. The van der Waals surface area contributed by atoms with Crippen molar-refractivity contribution in [2.75, 3.05) is 26.1 Å². The van der Waals surface area contributed by atoms with E-state index in [-0.39, 0.29) is 0 Å². The molecule has 6 nitrogen and oxygen atoms in total. The molecule has 1 heterocycles. The monoisotopic (exact) mass is 322 g/mol. The lowest BCUT2D eigenvalue weighted by Crippen LogP contribution is -2.06. The van der Waals surface area contributed by atoms with Gasteiger partial charge in [0, 0.05) is 16.6 Å². The Balaban J connectivity index is 2.21. The van der Waals surface area contributed by atoms with Gasteiger partial charge in [0.25, 0.3) is 0 Å². The van der Waals surface area contributed by atoms with Gasteiger partial charge in [-0.2, -0.15) is 0 Å². The summed E-state index contributed by atoms with van der Waals surface area (Å²) in [5.74, 6) is 0.860. The van der Waals surface area contributed by atoms with Gasteiger partial charge >= 0.3 is 5.97 Å². The number of anilines is 2. The maximum atomic E-state index is 11.8. The standard InChI is InChI=1S/C15H18N2O4S/c1-5-21-14(18)13-9(2)22-15(17-13)16-10-6-7-11(19-3)12(8-10)20-4/h6-8H,5H2,1-4H3,(H,16,17). The third-order valence-electron chi connectivity index (χ3n) is 2.90. The minimum Gasteiger partial charge on any atom is -0.493 e. The summed E-state index contributed by atoms with van der Waals surface area (Å²) < 4.78 is 15.4. The van der Waals surface area contributed by atoms with Crippen LogP contribution in [0.4, 0.5) is 10.8 Å². The zero-order valence-electron chi connectivity index (χ0n) is 12.9. The SMILES string of the molecule is CCOC(=O)c1nc(Nc2ccc(OC)c(OC)c2)sc1C. The first-order valence-electron chi connectivity index (χ1n) is 6.72. The molecular weight excluding hydrogens is 304 g/mol. The first-order valence-corrected chi connectivity index (χ1v) is 7.54. The zero-order valence-corrected chi connectivity index (χ0v) is 13.7. The van der Waals surface area contributed by atoms with Gasteiger partial charge in [-0.15, -0.1) is 11.3 Å². The van der Waals surface area contributed by atoms with Crippen molar-refractivity contribution < 1.29 is 19.0 Å². The van der Waals surface area contributed by atoms with Crippen molar-refractivity contribution in [3.63, 3.8) is 0 Å². The average molecular weight is 322 g/mol. The number of methoxy groups -OCH3 is 2. The number of carbonyl (C=O) groups is 1. The molecular formula is C15H18N2O4S. The van der Waals surface area contributed by atoms with Crippen molar-refractivity contribution >= 4 is 28.1 Å². The summed E-state index contributed by atoms with van der Waals surface area (Å²) in [5, 5.41) is 3.77. The van der Waals surface area contributed by atoms with Crippen molar-refractivity contribution in [1.29, 1.82) is 0 Å². The topological polar surface area (TPSA) is 69.7 Å². The third kappa shape index (κ3) is 3.48. The van der Waals surface area contributed by atoms with Gasteiger partial charge in [-0.25, -0.2) is 9.78 Å². The molecule has 0 aliphatic rings. The Morgan fingerprint density at radius 3 is 2.64 bits per heavy atom. The number of ether oxygens (including phenoxy) is 3. The minimum absolute atomic E-state index is 0.328. The van der Waals surface area contributed by atoms with Crippen LogP contribution in [-0.2, 0) is 4.74 Å². The number of esters is 1. The van der Waals surface area contributed by atoms with Crippen LogP contribution in [0.2, 0.25) is 0 Å². The van der Waals surface area contributed by atoms with Crippen molar-refractivity contribution in [1.82, 2.24) is 4.98 Å². The zero-order chi connectivity index (χ0) is 16.1. The molecule has 0 unspecified atom stereocenters. The normalized spacial score (nSPS) is 10.2. The van der Waals surface area contributed by atoms with E-state index in [0.29, 0.717) is 28.9 Å². The van der Waals surface area contributed by atoms with Crippen LogP contribution in [0.15, 0.2) is 18.2 Å². The van der Waals surface area contributed by atoms with Gasteiger partial charge in [0.1, 0.15) is 0 Å². The Labute approximate surface area is 133 Å². The minimum atomic E-state index is -0.406. The molecule has 0 spiro atoms. The Hall–Kier alpha value is -2.28. The Kier molecular flexibility index (Phi) is 5.21. The van der Waals surface area contributed by atoms with Crippen LogP contribution in [0.25, 0.3) is 0 Å². The summed E-state index contributed by atoms with van der Waals surface area (Å²) in [4.78, 5) is 16.9. The quantitative estimate of drug-likeness (QED) is 0.822. The highest BCUT2D eigenvalue weighted by atomic mass is 32.1. The van der Waals surface area contributed by atoms with Crippen molar-refractivity contribution in [2.45, 2.75) is 13.8 Å². The third-order valence-corrected chi connectivity index (χ3v) is 3.79. The second-order valence-electron chi connectivity index (χ2n) is 4.34. The van der Waals surface area contributed by atoms with E-state index in [1.165, 1.54) is 11.3 Å². The van der Waals surface area contributed by atoms with Crippen LogP contribution in [0.5, 0.6) is 11.5 Å². The first-order chi connectivity index (χ1) is 10.6. The van der Waals surface area contributed by atoms with Gasteiger partial charge in [-0.3, -0.25) is 0 Å². The molecule has 1 aromatic heterocycles. The molecule has 0 aliphatic carbocycles. The second-order valence-corrected chi connectivity index (χ2v) is 5.54. The summed E-state index contributed by atoms with van der Waals surface area (Å²) >= 11 is 1.39. The van der Waals surface area contributed by atoms with Crippen LogP contribution in [0, 0.1) is 6.92 Å². The summed E-state index contributed by atoms with van der Waals surface area (Å²) in [6.45, 7) is 3.93. The van der Waals surface area contributed by atoms with Crippen molar-refractivity contribution in [2.24, 2.45) is 0 Å². The Morgan fingerprint density at radius 1 is 1.27 bits per heavy atom. The molecule has 0 fully saturated rings. The van der Waals surface area contributed by atoms with Crippen LogP contribution in [0.3, 0.4) is 0 Å². The number of aryl methyl sites for hydroxylation is 1. The number of hydrogen-bond donors (Lipinski definition) is 1. The molecule has 0 atom stereocenters. The Bertz CT molecular complexity index is 670. The maximum Gasteiger partial charge on any atom is 0.358 e. The second kappa shape index (κ2) is 7.13. The molecule has 2 aromatic rings. The van der Waals surface area contributed by atoms with Gasteiger partial charge in [0.2, 0.25) is 0 Å². The van der Waals surface area contributed by atoms with Gasteiger partial charge < -0.3 is 19.5 Å². The van der Waals surface area contributed by atoms with Crippen molar-refractivity contribution in [3.8, 4) is 11.5 Å². The maximum absolute atomic E-state index is 11.8. The lowest BCUT2D eigenvalue weighted by atomic mass is 10.3. The highest BCUT2D eigenvalue weighted by molar-refractivity contribution is 7.15. The number of carbonyl (C=O) groups excluding carboxylic acids is 1. The van der Waals surface area contributed by atoms with E-state index >= 15 is 0 Å². The molecule has 0 amide bonds. The summed E-state index contributed by atoms with van der Waals surface area (Å²) in [7, 11) is 3.16. The average Bonchev–Trinajstić information content (AvgIpc) is 2.88. The highest BCUT2D eigenvalue weighted by Crippen LogP contribution is 2.32. The van der Waals surface area contributed by atoms with Gasteiger partial charge in [0.05, 0.1) is 20.8 Å². The van der Waals surface area contributed by atoms with Gasteiger partial charge in [0.15, 0.2) is 22.3 Å². The number of rotatable bonds is 6. The number of hydrogen-bond acceptors (Lipinski definition) is 7. The largest absolute Gasteiger partial charge is 0.493 e. The van der Waals surface area contributed by atoms with Crippen LogP contribution >= 0.6 is 11.3 Å². The number of nitrogens with one attached hydrogen (secondary N) is 1. The number of aromatic nitrogens is 1. The van der Waals surface area contributed by atoms with Crippen molar-refractivity contribution in [3.05, 3.63) is 28.8 Å². The lowest BCUT2D eigenvalue weighted by molar-refractivity contribution is 0.0519. The van der Waals surface area contributed by atoms with E-state index in [2.05, 4.69) is 10.3 Å². The number of benzene rings is 1. The molecule has 118 valence electrons. The molecule has 0 bridgehead atoms. The molecule has 0 saturated carbocycles. The summed E-state index contributed by atoms with van der Waals surface area (Å²) in [5.41, 5.74) is 1.14. The van der Waals surface area contributed by atoms with E-state index in [0.717, 1.165) is 10.6 Å². The fourth-order valence-electron chi connectivity index (χ4n) is 1.88. The molecule has 0 radical (unpaired) electrons. The van der Waals surface area contributed by atoms with E-state index in [1.54, 1.807) is 33.3 Å². The summed E-state index contributed by atoms with van der Waals surface area (Å²) in [6, 6.07) is 5.45. The van der Waals surface area contributed by atoms with E-state index in [4.69, 9.17) is 14.2 Å². The van der Waals surface area contributed by atoms with Crippen LogP contribution in [-0.4, -0.2) is 31.8 Å². The predicted molar refractivity (Wildman–Crippen MR) is 85.6 cm³/mol. The fraction of sp³-hybridized carbons (Fsp3) is 0.333. The fourth-order valence-corrected chi connectivity index (χ4v) is 2.70. The molecule has 1 aromatic carbocycles. The van der Waals surface area contributed by atoms with Crippen LogP contribution < -0.4 is 14.8 Å². The molecule has 22 heavy (non-hydrogen) atoms. The summed E-state index contributed by atoms with van der Waals surface area (Å²) in [6.07, 6.45) is 0. The predicted octanol–water partition coefficient (Wildman–Crippen LogP) is 3.39. The van der Waals surface area contributed by atoms with Crippen LogP contribution in [0.1, 0.15) is 22.3 Å². The highest BCUT2D eigenvalue weighted by Gasteiger charge is 2.16. The smallest absolute Gasteiger partial charge is 0.358 e. The van der Waals surface area contributed by atoms with E-state index in [1.807, 2.05) is 13.0 Å². The van der Waals surface area contributed by atoms with Gasteiger partial charge in [-0.05, 0) is 26.0 Å². The number of thiazole rings is 1. The Morgan fingerprint density at radius 2 is 2.00 bits per heavy atom. The molecule has 1 N–H and O–H groups in total. The molecule has 0 aliphatic heterocycles. The number of nitrogens with zero attached hydrogens (tertiary/aromatic N) is 1.